The van der Waals surface area contributed by atoms with E-state index in [0.717, 1.165) is 27.6 Å². The van der Waals surface area contributed by atoms with Crippen LogP contribution in [0.5, 0.6) is 11.5 Å². The standard InChI is InChI=1S/C24H24ClFN2O5S/c1-15-5-9-21(16(2)11-15)27-24(29)14-28(17-6-8-20(26)19(25)12-17)34(30,31)18-7-10-22(32-3)23(13-18)33-4/h5-13H,14H2,1-4H3,(H,27,29). The van der Waals surface area contributed by atoms with Gasteiger partial charge in [-0.15, -0.1) is 0 Å². The molecule has 7 nitrogen and oxygen atoms in total. The predicted octanol–water partition coefficient (Wildman–Crippen LogP) is 4.95. The number of halogens is 2. The monoisotopic (exact) mass is 506 g/mol. The highest BCUT2D eigenvalue weighted by Gasteiger charge is 2.29. The van der Waals surface area contributed by atoms with Gasteiger partial charge < -0.3 is 14.8 Å². The number of aryl methyl sites for hydroxylation is 2. The van der Waals surface area contributed by atoms with Crippen LogP contribution in [-0.2, 0) is 14.8 Å². The van der Waals surface area contributed by atoms with Gasteiger partial charge in [-0.3, -0.25) is 9.10 Å². The van der Waals surface area contributed by atoms with Gasteiger partial charge in [-0.1, -0.05) is 29.3 Å². The van der Waals surface area contributed by atoms with E-state index >= 15 is 0 Å². The zero-order chi connectivity index (χ0) is 25.0. The van der Waals surface area contributed by atoms with Crippen LogP contribution in [-0.4, -0.2) is 35.1 Å². The quantitative estimate of drug-likeness (QED) is 0.467. The van der Waals surface area contributed by atoms with Crippen LogP contribution >= 0.6 is 11.6 Å². The number of ether oxygens (including phenoxy) is 2. The summed E-state index contributed by atoms with van der Waals surface area (Å²) in [4.78, 5) is 12.8. The highest BCUT2D eigenvalue weighted by molar-refractivity contribution is 7.92. The lowest BCUT2D eigenvalue weighted by Gasteiger charge is -2.25. The first-order valence-electron chi connectivity index (χ1n) is 10.1. The average Bonchev–Trinajstić information content (AvgIpc) is 2.80. The molecule has 0 unspecified atom stereocenters. The van der Waals surface area contributed by atoms with Crippen LogP contribution in [0.25, 0.3) is 0 Å². The molecule has 0 atom stereocenters. The molecule has 0 fully saturated rings. The van der Waals surface area contributed by atoms with Gasteiger partial charge in [0.15, 0.2) is 11.5 Å². The number of nitrogens with one attached hydrogen (secondary N) is 1. The number of hydrogen-bond donors (Lipinski definition) is 1. The number of hydrogen-bond acceptors (Lipinski definition) is 5. The maximum Gasteiger partial charge on any atom is 0.264 e. The largest absolute Gasteiger partial charge is 0.493 e. The van der Waals surface area contributed by atoms with E-state index < -0.39 is 28.3 Å². The Balaban J connectivity index is 2.03. The fraction of sp³-hybridized carbons (Fsp3) is 0.208. The van der Waals surface area contributed by atoms with Gasteiger partial charge >= 0.3 is 0 Å². The molecule has 0 heterocycles. The van der Waals surface area contributed by atoms with Gasteiger partial charge in [0.25, 0.3) is 10.0 Å². The van der Waals surface area contributed by atoms with E-state index in [0.29, 0.717) is 11.4 Å². The number of carbonyl (C=O) groups is 1. The summed E-state index contributed by atoms with van der Waals surface area (Å²) in [6, 6.07) is 13.0. The Labute approximate surface area is 203 Å². The molecular formula is C24H24ClFN2O5S. The summed E-state index contributed by atoms with van der Waals surface area (Å²) in [5.41, 5.74) is 2.43. The van der Waals surface area contributed by atoms with Crippen molar-refractivity contribution >= 4 is 38.9 Å². The molecule has 0 aliphatic heterocycles. The first-order valence-corrected chi connectivity index (χ1v) is 12.0. The van der Waals surface area contributed by atoms with Gasteiger partial charge in [-0.05, 0) is 55.8 Å². The van der Waals surface area contributed by atoms with Gasteiger partial charge in [0.1, 0.15) is 12.4 Å². The molecule has 180 valence electrons. The predicted molar refractivity (Wildman–Crippen MR) is 130 cm³/mol. The smallest absolute Gasteiger partial charge is 0.264 e. The molecule has 0 aliphatic rings. The van der Waals surface area contributed by atoms with E-state index in [1.807, 2.05) is 26.0 Å². The number of carbonyl (C=O) groups excluding carboxylic acids is 1. The fourth-order valence-electron chi connectivity index (χ4n) is 3.33. The van der Waals surface area contributed by atoms with Crippen LogP contribution < -0.4 is 19.1 Å². The molecule has 0 radical (unpaired) electrons. The third-order valence-corrected chi connectivity index (χ3v) is 7.14. The average molecular weight is 507 g/mol. The molecule has 3 rings (SSSR count). The molecule has 0 aliphatic carbocycles. The van der Waals surface area contributed by atoms with Crippen LogP contribution in [0.2, 0.25) is 5.02 Å². The van der Waals surface area contributed by atoms with Gasteiger partial charge in [0.05, 0.1) is 29.8 Å². The number of rotatable bonds is 8. The Morgan fingerprint density at radius 1 is 1.00 bits per heavy atom. The molecule has 10 heteroatoms. The molecule has 1 N–H and O–H groups in total. The van der Waals surface area contributed by atoms with E-state index in [4.69, 9.17) is 21.1 Å². The van der Waals surface area contributed by atoms with E-state index in [9.17, 15) is 17.6 Å². The molecule has 0 saturated heterocycles. The number of sulfonamides is 1. The molecule has 0 aromatic heterocycles. The lowest BCUT2D eigenvalue weighted by Crippen LogP contribution is -2.38. The highest BCUT2D eigenvalue weighted by Crippen LogP contribution is 2.33. The minimum absolute atomic E-state index is 0.0250. The summed E-state index contributed by atoms with van der Waals surface area (Å²) in [5.74, 6) is -0.768. The number of nitrogens with zero attached hydrogens (tertiary/aromatic N) is 1. The molecular weight excluding hydrogens is 483 g/mol. The number of benzene rings is 3. The number of amides is 1. The normalized spacial score (nSPS) is 11.1. The summed E-state index contributed by atoms with van der Waals surface area (Å²) in [7, 11) is -1.48. The maximum atomic E-state index is 13.8. The first-order chi connectivity index (χ1) is 16.1. The lowest BCUT2D eigenvalue weighted by atomic mass is 10.1. The van der Waals surface area contributed by atoms with Crippen LogP contribution in [0.1, 0.15) is 11.1 Å². The van der Waals surface area contributed by atoms with Crippen molar-refractivity contribution in [2.45, 2.75) is 18.7 Å². The van der Waals surface area contributed by atoms with Crippen molar-refractivity contribution in [2.75, 3.05) is 30.4 Å². The van der Waals surface area contributed by atoms with E-state index in [1.165, 1.54) is 38.5 Å². The van der Waals surface area contributed by atoms with Crippen molar-refractivity contribution in [1.82, 2.24) is 0 Å². The fourth-order valence-corrected chi connectivity index (χ4v) is 4.94. The Morgan fingerprint density at radius 3 is 2.32 bits per heavy atom. The Bertz CT molecular complexity index is 1330. The van der Waals surface area contributed by atoms with E-state index in [-0.39, 0.29) is 21.4 Å². The maximum absolute atomic E-state index is 13.8. The second kappa shape index (κ2) is 10.3. The molecule has 0 bridgehead atoms. The summed E-state index contributed by atoms with van der Waals surface area (Å²) >= 11 is 5.91. The topological polar surface area (TPSA) is 84.9 Å². The minimum atomic E-state index is -4.29. The van der Waals surface area contributed by atoms with E-state index in [1.54, 1.807) is 6.07 Å². The van der Waals surface area contributed by atoms with Gasteiger partial charge in [0.2, 0.25) is 5.91 Å². The van der Waals surface area contributed by atoms with Gasteiger partial charge in [-0.25, -0.2) is 12.8 Å². The molecule has 0 spiro atoms. The van der Waals surface area contributed by atoms with Crippen molar-refractivity contribution in [2.24, 2.45) is 0 Å². The second-order valence-corrected chi connectivity index (χ2v) is 9.76. The van der Waals surface area contributed by atoms with Crippen LogP contribution in [0.15, 0.2) is 59.5 Å². The Kier molecular flexibility index (Phi) is 7.68. The van der Waals surface area contributed by atoms with Crippen molar-refractivity contribution < 1.29 is 27.1 Å². The SMILES string of the molecule is COc1ccc(S(=O)(=O)N(CC(=O)Nc2ccc(C)cc2C)c2ccc(F)c(Cl)c2)cc1OC. The molecule has 1 amide bonds. The zero-order valence-electron chi connectivity index (χ0n) is 19.1. The zero-order valence-corrected chi connectivity index (χ0v) is 20.6. The van der Waals surface area contributed by atoms with Crippen molar-refractivity contribution in [1.29, 1.82) is 0 Å². The summed E-state index contributed by atoms with van der Waals surface area (Å²) < 4.78 is 52.2. The second-order valence-electron chi connectivity index (χ2n) is 7.49. The number of anilines is 2. The third-order valence-electron chi connectivity index (χ3n) is 5.08. The van der Waals surface area contributed by atoms with Gasteiger partial charge in [0, 0.05) is 11.8 Å². The molecule has 3 aromatic carbocycles. The van der Waals surface area contributed by atoms with Crippen LogP contribution in [0.4, 0.5) is 15.8 Å². The van der Waals surface area contributed by atoms with Crippen molar-refractivity contribution in [3.63, 3.8) is 0 Å². The highest BCUT2D eigenvalue weighted by atomic mass is 35.5. The molecule has 34 heavy (non-hydrogen) atoms. The van der Waals surface area contributed by atoms with Crippen molar-refractivity contribution in [3.8, 4) is 11.5 Å². The summed E-state index contributed by atoms with van der Waals surface area (Å²) in [6.07, 6.45) is 0. The van der Waals surface area contributed by atoms with Gasteiger partial charge in [-0.2, -0.15) is 0 Å². The Morgan fingerprint density at radius 2 is 1.71 bits per heavy atom. The first kappa shape index (κ1) is 25.3. The third kappa shape index (κ3) is 5.43. The molecule has 0 saturated carbocycles. The van der Waals surface area contributed by atoms with Crippen molar-refractivity contribution in [3.05, 3.63) is 76.6 Å². The molecule has 3 aromatic rings. The van der Waals surface area contributed by atoms with Crippen LogP contribution in [0.3, 0.4) is 0 Å². The Hall–Kier alpha value is -3.30. The lowest BCUT2D eigenvalue weighted by molar-refractivity contribution is -0.114. The number of methoxy groups -OCH3 is 2. The summed E-state index contributed by atoms with van der Waals surface area (Å²) in [5, 5.41) is 2.45. The minimum Gasteiger partial charge on any atom is -0.493 e. The van der Waals surface area contributed by atoms with Crippen LogP contribution in [0, 0.1) is 19.7 Å². The summed E-state index contributed by atoms with van der Waals surface area (Å²) in [6.45, 7) is 3.18. The van der Waals surface area contributed by atoms with E-state index in [2.05, 4.69) is 5.32 Å².